The number of sulfone groups is 1. The normalized spacial score (nSPS) is 12.0. The topological polar surface area (TPSA) is 131 Å². The standard InChI is InChI=1S/C8H5Br3O7S2.2Na/c9-8(10,11)19(14,15)6-4(7(12)13)2-1-3-5(6)20(16,17)18;;/h1-3H,(H,12,13)(H,16,17,18);;/q;2*+1/p-2. The first kappa shape index (κ1) is 26.2. The van der Waals surface area contributed by atoms with Crippen molar-refractivity contribution in [2.45, 2.75) is 11.3 Å². The van der Waals surface area contributed by atoms with Crippen LogP contribution in [-0.4, -0.2) is 28.8 Å². The number of benzene rings is 1. The molecule has 0 aliphatic rings. The first-order valence-electron chi connectivity index (χ1n) is 4.41. The van der Waals surface area contributed by atoms with Crippen LogP contribution in [0.2, 0.25) is 0 Å². The maximum absolute atomic E-state index is 12.2. The van der Waals surface area contributed by atoms with Gasteiger partial charge in [0.1, 0.15) is 10.1 Å². The zero-order chi connectivity index (χ0) is 15.9. The van der Waals surface area contributed by atoms with Gasteiger partial charge in [0.15, 0.2) is 0 Å². The summed E-state index contributed by atoms with van der Waals surface area (Å²) in [4.78, 5) is 8.61. The summed E-state index contributed by atoms with van der Waals surface area (Å²) in [7, 11) is -9.83. The van der Waals surface area contributed by atoms with Crippen LogP contribution in [0.1, 0.15) is 10.4 Å². The van der Waals surface area contributed by atoms with Crippen molar-refractivity contribution in [2.24, 2.45) is 0 Å². The number of alkyl halides is 3. The van der Waals surface area contributed by atoms with Gasteiger partial charge in [-0.1, -0.05) is 12.1 Å². The fraction of sp³-hybridized carbons (Fsp3) is 0.125. The third-order valence-corrected chi connectivity index (χ3v) is 8.47. The van der Waals surface area contributed by atoms with Crippen LogP contribution in [-0.2, 0) is 20.0 Å². The Balaban J connectivity index is 0. The molecular formula is C8H3Br3Na2O7S2. The summed E-state index contributed by atoms with van der Waals surface area (Å²) in [5.74, 6) is -1.94. The van der Waals surface area contributed by atoms with Gasteiger partial charge >= 0.3 is 59.1 Å². The molecule has 1 aromatic rings. The average molecular weight is 561 g/mol. The van der Waals surface area contributed by atoms with Crippen molar-refractivity contribution >= 4 is 73.7 Å². The van der Waals surface area contributed by atoms with Gasteiger partial charge in [-0.3, -0.25) is 0 Å². The van der Waals surface area contributed by atoms with Gasteiger partial charge in [0.2, 0.25) is 11.3 Å². The van der Waals surface area contributed by atoms with E-state index in [0.29, 0.717) is 6.07 Å². The van der Waals surface area contributed by atoms with E-state index in [0.717, 1.165) is 12.1 Å². The molecule has 0 fully saturated rings. The maximum Gasteiger partial charge on any atom is 1.00 e. The average Bonchev–Trinajstić information content (AvgIpc) is 2.25. The third-order valence-electron chi connectivity index (χ3n) is 2.04. The second kappa shape index (κ2) is 9.08. The second-order valence-electron chi connectivity index (χ2n) is 3.32. The minimum Gasteiger partial charge on any atom is -0.744 e. The molecule has 0 heterocycles. The quantitative estimate of drug-likeness (QED) is 0.205. The smallest absolute Gasteiger partial charge is 0.744 e. The Morgan fingerprint density at radius 1 is 1.05 bits per heavy atom. The van der Waals surface area contributed by atoms with E-state index in [4.69, 9.17) is 0 Å². The summed E-state index contributed by atoms with van der Waals surface area (Å²) < 4.78 is 55.7. The van der Waals surface area contributed by atoms with E-state index in [2.05, 4.69) is 47.8 Å². The molecule has 0 atom stereocenters. The van der Waals surface area contributed by atoms with E-state index in [1.54, 1.807) is 0 Å². The Labute approximate surface area is 196 Å². The molecule has 22 heavy (non-hydrogen) atoms. The van der Waals surface area contributed by atoms with Gasteiger partial charge in [0, 0.05) is 5.56 Å². The van der Waals surface area contributed by atoms with Crippen molar-refractivity contribution in [3.63, 3.8) is 0 Å². The second-order valence-corrected chi connectivity index (χ2v) is 15.0. The number of rotatable bonds is 3. The first-order valence-corrected chi connectivity index (χ1v) is 9.69. The van der Waals surface area contributed by atoms with Crippen molar-refractivity contribution in [1.82, 2.24) is 0 Å². The van der Waals surface area contributed by atoms with Crippen LogP contribution < -0.4 is 64.2 Å². The Hall–Kier alpha value is 1.99. The number of carboxylic acids is 1. The largest absolute Gasteiger partial charge is 1.00 e. The maximum atomic E-state index is 12.2. The number of aromatic carboxylic acids is 1. The summed E-state index contributed by atoms with van der Waals surface area (Å²) >= 11 is 7.97. The van der Waals surface area contributed by atoms with Gasteiger partial charge < -0.3 is 14.5 Å². The predicted octanol–water partition coefficient (Wildman–Crippen LogP) is -5.47. The van der Waals surface area contributed by atoms with Gasteiger partial charge in [-0.25, -0.2) is 16.8 Å². The first-order chi connectivity index (χ1) is 8.80. The Morgan fingerprint density at radius 2 is 1.50 bits per heavy atom. The van der Waals surface area contributed by atoms with Crippen LogP contribution in [0.3, 0.4) is 0 Å². The van der Waals surface area contributed by atoms with Gasteiger partial charge in [-0.2, -0.15) is 0 Å². The summed E-state index contributed by atoms with van der Waals surface area (Å²) in [6.07, 6.45) is 0. The predicted molar refractivity (Wildman–Crippen MR) is 75.4 cm³/mol. The van der Waals surface area contributed by atoms with Gasteiger partial charge in [-0.05, 0) is 53.9 Å². The fourth-order valence-corrected chi connectivity index (χ4v) is 4.95. The zero-order valence-corrected chi connectivity index (χ0v) is 21.4. The van der Waals surface area contributed by atoms with Crippen LogP contribution in [0, 0.1) is 0 Å². The number of hydrogen-bond acceptors (Lipinski definition) is 7. The van der Waals surface area contributed by atoms with E-state index in [1.165, 1.54) is 0 Å². The molecule has 0 aromatic heterocycles. The molecule has 0 radical (unpaired) electrons. The van der Waals surface area contributed by atoms with Crippen molar-refractivity contribution in [3.05, 3.63) is 23.8 Å². The molecule has 112 valence electrons. The molecule has 0 saturated heterocycles. The van der Waals surface area contributed by atoms with Crippen LogP contribution >= 0.6 is 47.8 Å². The molecule has 0 N–H and O–H groups in total. The molecule has 0 aliphatic heterocycles. The van der Waals surface area contributed by atoms with Crippen molar-refractivity contribution in [2.75, 3.05) is 0 Å². The number of carboxylic acid groups (broad SMARTS) is 1. The van der Waals surface area contributed by atoms with Gasteiger partial charge in [-0.15, -0.1) is 0 Å². The van der Waals surface area contributed by atoms with Crippen molar-refractivity contribution in [1.29, 1.82) is 0 Å². The fourth-order valence-electron chi connectivity index (χ4n) is 1.27. The summed E-state index contributed by atoms with van der Waals surface area (Å²) in [5, 5.41) is 11.0. The minimum atomic E-state index is -5.22. The van der Waals surface area contributed by atoms with Crippen molar-refractivity contribution < 1.29 is 90.4 Å². The van der Waals surface area contributed by atoms with Crippen LogP contribution in [0.25, 0.3) is 0 Å². The SMILES string of the molecule is O=C([O-])c1cccc(S(=O)(=O)[O-])c1S(=O)(=O)C(Br)(Br)Br.[Na+].[Na+]. The van der Waals surface area contributed by atoms with E-state index in [-0.39, 0.29) is 59.1 Å². The van der Waals surface area contributed by atoms with Crippen LogP contribution in [0.15, 0.2) is 28.0 Å². The van der Waals surface area contributed by atoms with Gasteiger partial charge in [0.25, 0.3) is 0 Å². The third kappa shape index (κ3) is 5.77. The molecule has 14 heteroatoms. The number of hydrogen-bond donors (Lipinski definition) is 0. The number of carbonyl (C=O) groups is 1. The monoisotopic (exact) mass is 558 g/mol. The molecule has 0 aliphatic carbocycles. The summed E-state index contributed by atoms with van der Waals surface area (Å²) in [6, 6.07) is 2.43. The molecule has 1 aromatic carbocycles. The molecule has 0 spiro atoms. The molecule has 0 unspecified atom stereocenters. The minimum absolute atomic E-state index is 0. The van der Waals surface area contributed by atoms with Gasteiger partial charge in [0.05, 0.1) is 15.8 Å². The molecule has 0 amide bonds. The summed E-state index contributed by atoms with van der Waals surface area (Å²) in [6.45, 7) is 0. The van der Waals surface area contributed by atoms with Crippen LogP contribution in [0.4, 0.5) is 0 Å². The Morgan fingerprint density at radius 3 is 1.82 bits per heavy atom. The molecule has 0 bridgehead atoms. The number of carbonyl (C=O) groups excluding carboxylic acids is 1. The summed E-state index contributed by atoms with van der Waals surface area (Å²) in [5.41, 5.74) is -0.940. The van der Waals surface area contributed by atoms with E-state index in [1.807, 2.05) is 0 Å². The molecule has 7 nitrogen and oxygen atoms in total. The Kier molecular flexibility index (Phi) is 10.8. The van der Waals surface area contributed by atoms with E-state index < -0.39 is 42.8 Å². The number of halogens is 3. The Bertz CT molecular complexity index is 771. The van der Waals surface area contributed by atoms with E-state index >= 15 is 0 Å². The molecular weight excluding hydrogens is 558 g/mol. The van der Waals surface area contributed by atoms with Crippen LogP contribution in [0.5, 0.6) is 0 Å². The van der Waals surface area contributed by atoms with E-state index in [9.17, 15) is 31.3 Å². The molecule has 0 saturated carbocycles. The zero-order valence-electron chi connectivity index (χ0n) is 11.0. The molecule has 1 rings (SSSR count). The van der Waals surface area contributed by atoms with Crippen molar-refractivity contribution in [3.8, 4) is 0 Å².